The molecule has 7 N–H and O–H groups in total. The summed E-state index contributed by atoms with van der Waals surface area (Å²) in [4.78, 5) is 0. The van der Waals surface area contributed by atoms with Gasteiger partial charge in [0, 0.05) is 0 Å². The van der Waals surface area contributed by atoms with Crippen molar-refractivity contribution in [2.45, 2.75) is 42.9 Å². The largest absolute Gasteiger partial charge is 0.502 e. The van der Waals surface area contributed by atoms with Gasteiger partial charge in [0.25, 0.3) is 0 Å². The van der Waals surface area contributed by atoms with Crippen LogP contribution in [0.2, 0.25) is 0 Å². The number of aliphatic hydroxyl groups is 6. The standard InChI is InChI=1S/C28H38O14/c1-36-16-10-15(11-17(37-2)22(16)32)26(42-28-25(35)24(34)23(33)20(12-30)41-28)21(13-31)40-27-18(38-3)8-14(6-5-7-29)9-19(27)39-4/h5-6,8-11,20-21,23-26,28-35H,7,12-13H2,1-4H3. The Kier molecular flexibility index (Phi) is 12.0. The number of phenols is 1. The molecule has 14 nitrogen and oxygen atoms in total. The van der Waals surface area contributed by atoms with Gasteiger partial charge in [-0.3, -0.25) is 0 Å². The van der Waals surface area contributed by atoms with Crippen LogP contribution in [-0.4, -0.2) is 121 Å². The number of rotatable bonds is 14. The first kappa shape index (κ1) is 33.2. The van der Waals surface area contributed by atoms with Crippen LogP contribution in [0.1, 0.15) is 17.2 Å². The number of hydrogen-bond acceptors (Lipinski definition) is 14. The Labute approximate surface area is 242 Å². The van der Waals surface area contributed by atoms with E-state index in [-0.39, 0.29) is 46.7 Å². The van der Waals surface area contributed by atoms with Crippen molar-refractivity contribution in [3.63, 3.8) is 0 Å². The minimum Gasteiger partial charge on any atom is -0.502 e. The van der Waals surface area contributed by atoms with Crippen LogP contribution in [0.5, 0.6) is 34.5 Å². The van der Waals surface area contributed by atoms with Crippen LogP contribution in [0.4, 0.5) is 0 Å². The fourth-order valence-electron chi connectivity index (χ4n) is 4.43. The van der Waals surface area contributed by atoms with Gasteiger partial charge in [0.2, 0.25) is 11.5 Å². The lowest BCUT2D eigenvalue weighted by atomic mass is 9.98. The predicted molar refractivity (Wildman–Crippen MR) is 146 cm³/mol. The summed E-state index contributed by atoms with van der Waals surface area (Å²) in [7, 11) is 5.42. The molecule has 0 aliphatic carbocycles. The average molecular weight is 599 g/mol. The molecule has 1 heterocycles. The normalized spacial score (nSPS) is 23.8. The van der Waals surface area contributed by atoms with Crippen LogP contribution >= 0.6 is 0 Å². The second-order valence-electron chi connectivity index (χ2n) is 9.21. The van der Waals surface area contributed by atoms with Gasteiger partial charge in [-0.15, -0.1) is 0 Å². The molecular weight excluding hydrogens is 560 g/mol. The van der Waals surface area contributed by atoms with Crippen molar-refractivity contribution in [1.82, 2.24) is 0 Å². The van der Waals surface area contributed by atoms with Crippen molar-refractivity contribution in [3.05, 3.63) is 41.5 Å². The van der Waals surface area contributed by atoms with Crippen molar-refractivity contribution in [2.75, 3.05) is 48.3 Å². The summed E-state index contributed by atoms with van der Waals surface area (Å²) >= 11 is 0. The van der Waals surface area contributed by atoms with Gasteiger partial charge in [-0.1, -0.05) is 12.2 Å². The van der Waals surface area contributed by atoms with Crippen LogP contribution in [-0.2, 0) is 9.47 Å². The maximum atomic E-state index is 10.7. The molecule has 0 radical (unpaired) electrons. The third-order valence-corrected chi connectivity index (χ3v) is 6.65. The number of ether oxygens (including phenoxy) is 7. The fraction of sp³-hybridized carbons (Fsp3) is 0.500. The molecule has 42 heavy (non-hydrogen) atoms. The molecule has 0 saturated carbocycles. The summed E-state index contributed by atoms with van der Waals surface area (Å²) in [6, 6.07) is 5.99. The Hall–Kier alpha value is -3.34. The second kappa shape index (κ2) is 15.2. The summed E-state index contributed by atoms with van der Waals surface area (Å²) in [5.41, 5.74) is 0.839. The van der Waals surface area contributed by atoms with Crippen LogP contribution < -0.4 is 23.7 Å². The van der Waals surface area contributed by atoms with E-state index in [1.165, 1.54) is 46.6 Å². The molecule has 2 aromatic rings. The Bertz CT molecular complexity index is 1140. The number of hydrogen-bond donors (Lipinski definition) is 7. The molecule has 3 rings (SSSR count). The van der Waals surface area contributed by atoms with Crippen LogP contribution in [0.3, 0.4) is 0 Å². The lowest BCUT2D eigenvalue weighted by Crippen LogP contribution is -2.59. The maximum absolute atomic E-state index is 10.7. The second-order valence-corrected chi connectivity index (χ2v) is 9.21. The summed E-state index contributed by atoms with van der Waals surface area (Å²) in [5, 5.41) is 71.0. The highest BCUT2D eigenvalue weighted by Gasteiger charge is 2.46. The molecular formula is C28H38O14. The van der Waals surface area contributed by atoms with E-state index >= 15 is 0 Å². The first-order valence-corrected chi connectivity index (χ1v) is 12.9. The molecule has 1 aliphatic heterocycles. The van der Waals surface area contributed by atoms with E-state index in [0.29, 0.717) is 5.56 Å². The first-order valence-electron chi connectivity index (χ1n) is 12.9. The molecule has 2 aromatic carbocycles. The summed E-state index contributed by atoms with van der Waals surface area (Å²) in [5.74, 6) is 0.139. The van der Waals surface area contributed by atoms with E-state index in [0.717, 1.165) is 0 Å². The third kappa shape index (κ3) is 7.17. The fourth-order valence-corrected chi connectivity index (χ4v) is 4.43. The number of benzene rings is 2. The number of methoxy groups -OCH3 is 4. The van der Waals surface area contributed by atoms with Gasteiger partial charge in [0.05, 0.1) is 48.3 Å². The quantitative estimate of drug-likeness (QED) is 0.150. The molecule has 1 fully saturated rings. The average Bonchev–Trinajstić information content (AvgIpc) is 3.01. The zero-order valence-corrected chi connectivity index (χ0v) is 23.6. The Morgan fingerprint density at radius 1 is 0.810 bits per heavy atom. The van der Waals surface area contributed by atoms with Gasteiger partial charge in [-0.2, -0.15) is 0 Å². The Morgan fingerprint density at radius 2 is 1.38 bits per heavy atom. The maximum Gasteiger partial charge on any atom is 0.204 e. The molecule has 14 heteroatoms. The molecule has 234 valence electrons. The van der Waals surface area contributed by atoms with Crippen LogP contribution in [0, 0.1) is 0 Å². The zero-order chi connectivity index (χ0) is 31.0. The molecule has 0 amide bonds. The lowest BCUT2D eigenvalue weighted by Gasteiger charge is -2.41. The zero-order valence-electron chi connectivity index (χ0n) is 23.6. The SMILES string of the molecule is COc1cc(C(OC2OC(CO)C(O)C(O)C2O)C(CO)Oc2c(OC)cc(C=CCO)cc2OC)cc(OC)c1O. The van der Waals surface area contributed by atoms with Crippen molar-refractivity contribution in [3.8, 4) is 34.5 Å². The smallest absolute Gasteiger partial charge is 0.204 e. The minimum absolute atomic E-state index is 0.0152. The predicted octanol–water partition coefficient (Wildman–Crippen LogP) is -0.270. The summed E-state index contributed by atoms with van der Waals surface area (Å²) < 4.78 is 39.4. The summed E-state index contributed by atoms with van der Waals surface area (Å²) in [6.07, 6.45) is -7.50. The van der Waals surface area contributed by atoms with Gasteiger partial charge in [0.1, 0.15) is 30.5 Å². The molecule has 0 bridgehead atoms. The van der Waals surface area contributed by atoms with Crippen molar-refractivity contribution in [2.24, 2.45) is 0 Å². The molecule has 1 saturated heterocycles. The highest BCUT2D eigenvalue weighted by Crippen LogP contribution is 2.44. The monoisotopic (exact) mass is 598 g/mol. The van der Waals surface area contributed by atoms with Crippen LogP contribution in [0.15, 0.2) is 30.3 Å². The van der Waals surface area contributed by atoms with E-state index in [4.69, 9.17) is 38.3 Å². The third-order valence-electron chi connectivity index (χ3n) is 6.65. The highest BCUT2D eigenvalue weighted by molar-refractivity contribution is 5.62. The number of phenolic OH excluding ortho intramolecular Hbond substituents is 1. The topological polar surface area (TPSA) is 206 Å². The van der Waals surface area contributed by atoms with Crippen LogP contribution in [0.25, 0.3) is 6.08 Å². The van der Waals surface area contributed by atoms with Crippen molar-refractivity contribution >= 4 is 6.08 Å². The van der Waals surface area contributed by atoms with Crippen molar-refractivity contribution < 1.29 is 68.9 Å². The molecule has 0 spiro atoms. The summed E-state index contributed by atoms with van der Waals surface area (Å²) in [6.45, 7) is -1.57. The van der Waals surface area contributed by atoms with Gasteiger partial charge in [0.15, 0.2) is 35.4 Å². The lowest BCUT2D eigenvalue weighted by molar-refractivity contribution is -0.318. The molecule has 1 aliphatic rings. The van der Waals surface area contributed by atoms with E-state index < -0.39 is 56.1 Å². The van der Waals surface area contributed by atoms with Gasteiger partial charge < -0.3 is 68.9 Å². The van der Waals surface area contributed by atoms with Crippen molar-refractivity contribution in [1.29, 1.82) is 0 Å². The Balaban J connectivity index is 2.12. The number of aromatic hydroxyl groups is 1. The van der Waals surface area contributed by atoms with Gasteiger partial charge >= 0.3 is 0 Å². The first-order chi connectivity index (χ1) is 20.2. The van der Waals surface area contributed by atoms with E-state index in [2.05, 4.69) is 0 Å². The highest BCUT2D eigenvalue weighted by atomic mass is 16.7. The minimum atomic E-state index is -1.77. The molecule has 7 unspecified atom stereocenters. The number of aliphatic hydroxyl groups excluding tert-OH is 6. The van der Waals surface area contributed by atoms with Gasteiger partial charge in [-0.05, 0) is 35.4 Å². The molecule has 0 aromatic heterocycles. The van der Waals surface area contributed by atoms with E-state index in [1.54, 1.807) is 18.2 Å². The van der Waals surface area contributed by atoms with E-state index in [9.17, 15) is 30.6 Å². The van der Waals surface area contributed by atoms with Gasteiger partial charge in [-0.25, -0.2) is 0 Å². The Morgan fingerprint density at radius 3 is 1.86 bits per heavy atom. The molecule has 7 atom stereocenters. The van der Waals surface area contributed by atoms with E-state index in [1.807, 2.05) is 0 Å².